The quantitative estimate of drug-likeness (QED) is 0.138. The van der Waals surface area contributed by atoms with Gasteiger partial charge in [-0.2, -0.15) is 0 Å². The standard InChI is InChI=1S/C18H20I2O5/c19-12-14(20)18(22)24-10-6-2-1-5-9-23-16-11-17(21)25-15-8-4-3-7-13(15)16/h3-4,7-8,11,14H,1-2,5-6,9-10,12H2. The molecule has 0 fully saturated rings. The van der Waals surface area contributed by atoms with Gasteiger partial charge in [-0.1, -0.05) is 57.3 Å². The fourth-order valence-electron chi connectivity index (χ4n) is 2.27. The molecule has 1 unspecified atom stereocenters. The van der Waals surface area contributed by atoms with Crippen molar-refractivity contribution in [3.8, 4) is 5.75 Å². The summed E-state index contributed by atoms with van der Waals surface area (Å²) in [4.78, 5) is 23.1. The van der Waals surface area contributed by atoms with Crippen molar-refractivity contribution in [2.24, 2.45) is 0 Å². The van der Waals surface area contributed by atoms with Crippen LogP contribution in [0.4, 0.5) is 0 Å². The zero-order valence-electron chi connectivity index (χ0n) is 13.7. The average molecular weight is 570 g/mol. The maximum absolute atomic E-state index is 11.5. The van der Waals surface area contributed by atoms with E-state index in [-0.39, 0.29) is 9.89 Å². The molecule has 1 heterocycles. The lowest BCUT2D eigenvalue weighted by Crippen LogP contribution is -2.18. The Morgan fingerprint density at radius 1 is 1.12 bits per heavy atom. The maximum Gasteiger partial charge on any atom is 0.339 e. The largest absolute Gasteiger partial charge is 0.493 e. The fraction of sp³-hybridized carbons (Fsp3) is 0.444. The minimum Gasteiger partial charge on any atom is -0.493 e. The maximum atomic E-state index is 11.5. The van der Waals surface area contributed by atoms with Crippen molar-refractivity contribution in [1.29, 1.82) is 0 Å². The Balaban J connectivity index is 1.66. The van der Waals surface area contributed by atoms with Gasteiger partial charge >= 0.3 is 11.6 Å². The van der Waals surface area contributed by atoms with E-state index in [1.54, 1.807) is 6.07 Å². The molecule has 0 radical (unpaired) electrons. The average Bonchev–Trinajstić information content (AvgIpc) is 2.62. The van der Waals surface area contributed by atoms with E-state index in [9.17, 15) is 9.59 Å². The Kier molecular flexibility index (Phi) is 9.00. The van der Waals surface area contributed by atoms with E-state index in [0.29, 0.717) is 24.5 Å². The fourth-order valence-corrected chi connectivity index (χ4v) is 2.81. The van der Waals surface area contributed by atoms with Gasteiger partial charge < -0.3 is 13.9 Å². The molecule has 1 aromatic carbocycles. The second kappa shape index (κ2) is 11.0. The zero-order valence-corrected chi connectivity index (χ0v) is 18.0. The lowest BCUT2D eigenvalue weighted by molar-refractivity contribution is -0.142. The number of para-hydroxylation sites is 1. The normalized spacial score (nSPS) is 12.1. The molecule has 0 saturated heterocycles. The number of ether oxygens (including phenoxy) is 2. The van der Waals surface area contributed by atoms with Gasteiger partial charge in [-0.05, 0) is 37.8 Å². The molecular weight excluding hydrogens is 550 g/mol. The number of fused-ring (bicyclic) bond motifs is 1. The van der Waals surface area contributed by atoms with Crippen LogP contribution >= 0.6 is 45.2 Å². The molecule has 7 heteroatoms. The molecule has 0 N–H and O–H groups in total. The lowest BCUT2D eigenvalue weighted by atomic mass is 10.2. The summed E-state index contributed by atoms with van der Waals surface area (Å²) < 4.78 is 16.8. The first-order valence-electron chi connectivity index (χ1n) is 8.14. The smallest absolute Gasteiger partial charge is 0.339 e. The minimum absolute atomic E-state index is 0.0649. The van der Waals surface area contributed by atoms with Crippen LogP contribution in [0.5, 0.6) is 5.75 Å². The molecule has 0 aliphatic heterocycles. The van der Waals surface area contributed by atoms with Gasteiger partial charge in [0.1, 0.15) is 15.3 Å². The van der Waals surface area contributed by atoms with Crippen LogP contribution in [0.2, 0.25) is 0 Å². The Morgan fingerprint density at radius 3 is 2.60 bits per heavy atom. The zero-order chi connectivity index (χ0) is 18.1. The van der Waals surface area contributed by atoms with E-state index >= 15 is 0 Å². The third-order valence-electron chi connectivity index (χ3n) is 3.54. The van der Waals surface area contributed by atoms with Crippen LogP contribution in [0, 0.1) is 0 Å². The van der Waals surface area contributed by atoms with E-state index in [2.05, 4.69) is 45.2 Å². The van der Waals surface area contributed by atoms with Crippen molar-refractivity contribution < 1.29 is 18.7 Å². The molecule has 0 saturated carbocycles. The molecule has 2 rings (SSSR count). The van der Waals surface area contributed by atoms with Crippen LogP contribution in [0.25, 0.3) is 11.0 Å². The number of carbonyl (C=O) groups excluding carboxylic acids is 1. The summed E-state index contributed by atoms with van der Waals surface area (Å²) in [7, 11) is 0. The van der Waals surface area contributed by atoms with Crippen molar-refractivity contribution in [3.05, 3.63) is 40.8 Å². The molecule has 2 aromatic rings. The Bertz CT molecular complexity index is 744. The van der Waals surface area contributed by atoms with E-state index in [4.69, 9.17) is 13.9 Å². The van der Waals surface area contributed by atoms with Gasteiger partial charge in [0, 0.05) is 4.43 Å². The second-order valence-corrected chi connectivity index (χ2v) is 7.86. The van der Waals surface area contributed by atoms with Crippen molar-refractivity contribution in [2.75, 3.05) is 17.6 Å². The van der Waals surface area contributed by atoms with Crippen LogP contribution in [-0.4, -0.2) is 27.5 Å². The first-order chi connectivity index (χ1) is 12.1. The highest BCUT2D eigenvalue weighted by atomic mass is 127. The molecule has 1 aromatic heterocycles. The molecule has 0 aliphatic rings. The summed E-state index contributed by atoms with van der Waals surface area (Å²) in [5, 5.41) is 0.803. The number of esters is 1. The molecule has 0 bridgehead atoms. The number of hydrogen-bond acceptors (Lipinski definition) is 5. The predicted molar refractivity (Wildman–Crippen MR) is 114 cm³/mol. The van der Waals surface area contributed by atoms with Gasteiger partial charge in [-0.3, -0.25) is 4.79 Å². The highest BCUT2D eigenvalue weighted by molar-refractivity contribution is 14.1. The van der Waals surface area contributed by atoms with Crippen LogP contribution in [0.15, 0.2) is 39.5 Å². The number of rotatable bonds is 10. The molecular formula is C18H20I2O5. The summed E-state index contributed by atoms with van der Waals surface area (Å²) >= 11 is 4.27. The van der Waals surface area contributed by atoms with E-state index in [1.165, 1.54) is 6.07 Å². The van der Waals surface area contributed by atoms with Crippen molar-refractivity contribution in [3.63, 3.8) is 0 Å². The van der Waals surface area contributed by atoms with E-state index < -0.39 is 5.63 Å². The molecule has 0 aliphatic carbocycles. The van der Waals surface area contributed by atoms with Gasteiger partial charge in [0.05, 0.1) is 24.7 Å². The van der Waals surface area contributed by atoms with Gasteiger partial charge in [-0.25, -0.2) is 4.79 Å². The second-order valence-electron chi connectivity index (χ2n) is 5.48. The number of carbonyl (C=O) groups is 1. The van der Waals surface area contributed by atoms with E-state index in [0.717, 1.165) is 35.5 Å². The Hall–Kier alpha value is -0.840. The van der Waals surface area contributed by atoms with Gasteiger partial charge in [0.2, 0.25) is 0 Å². The highest BCUT2D eigenvalue weighted by Gasteiger charge is 2.13. The number of halogens is 2. The molecule has 0 amide bonds. The van der Waals surface area contributed by atoms with Crippen LogP contribution in [-0.2, 0) is 9.53 Å². The minimum atomic E-state index is -0.407. The third-order valence-corrected chi connectivity index (χ3v) is 7.06. The van der Waals surface area contributed by atoms with Crippen molar-refractivity contribution >= 4 is 62.1 Å². The van der Waals surface area contributed by atoms with Crippen LogP contribution < -0.4 is 10.4 Å². The predicted octanol–water partition coefficient (Wildman–Crippen LogP) is 4.51. The summed E-state index contributed by atoms with van der Waals surface area (Å²) in [6, 6.07) is 8.72. The van der Waals surface area contributed by atoms with E-state index in [1.807, 2.05) is 18.2 Å². The molecule has 136 valence electrons. The monoisotopic (exact) mass is 570 g/mol. The summed E-state index contributed by atoms with van der Waals surface area (Å²) in [6.45, 7) is 1.01. The van der Waals surface area contributed by atoms with Gasteiger partial charge in [0.15, 0.2) is 0 Å². The van der Waals surface area contributed by atoms with Crippen molar-refractivity contribution in [1.82, 2.24) is 0 Å². The topological polar surface area (TPSA) is 65.7 Å². The summed E-state index contributed by atoms with van der Waals surface area (Å²) in [6.07, 6.45) is 3.70. The van der Waals surface area contributed by atoms with Gasteiger partial charge in [-0.15, -0.1) is 0 Å². The third kappa shape index (κ3) is 6.76. The molecule has 5 nitrogen and oxygen atoms in total. The Morgan fingerprint density at radius 2 is 1.84 bits per heavy atom. The highest BCUT2D eigenvalue weighted by Crippen LogP contribution is 2.23. The number of unbranched alkanes of at least 4 members (excludes halogenated alkanes) is 3. The first kappa shape index (κ1) is 20.5. The van der Waals surface area contributed by atoms with Crippen molar-refractivity contribution in [2.45, 2.75) is 29.6 Å². The van der Waals surface area contributed by atoms with Gasteiger partial charge in [0.25, 0.3) is 0 Å². The first-order valence-corrected chi connectivity index (χ1v) is 10.9. The Labute approximate surface area is 173 Å². The molecule has 25 heavy (non-hydrogen) atoms. The number of hydrogen-bond donors (Lipinski definition) is 0. The van der Waals surface area contributed by atoms with Crippen LogP contribution in [0.1, 0.15) is 25.7 Å². The summed E-state index contributed by atoms with van der Waals surface area (Å²) in [5.41, 5.74) is 0.127. The summed E-state index contributed by atoms with van der Waals surface area (Å²) in [5.74, 6) is 0.431. The lowest BCUT2D eigenvalue weighted by Gasteiger charge is -2.09. The molecule has 1 atom stereocenters. The number of alkyl halides is 2. The van der Waals surface area contributed by atoms with Crippen LogP contribution in [0.3, 0.4) is 0 Å². The SMILES string of the molecule is O=C(OCCCCCCOc1cc(=O)oc2ccccc12)C(I)CI. The number of benzene rings is 1. The molecule has 0 spiro atoms.